The maximum absolute atomic E-state index is 12.1. The van der Waals surface area contributed by atoms with Gasteiger partial charge in [-0.3, -0.25) is 0 Å². The highest BCUT2D eigenvalue weighted by atomic mass is 16.6. The summed E-state index contributed by atoms with van der Waals surface area (Å²) in [5.74, 6) is 1.24. The smallest absolute Gasteiger partial charge is 0.363 e. The van der Waals surface area contributed by atoms with Gasteiger partial charge in [-0.15, -0.1) is 0 Å². The van der Waals surface area contributed by atoms with Crippen molar-refractivity contribution in [2.75, 3.05) is 14.2 Å². The van der Waals surface area contributed by atoms with E-state index in [2.05, 4.69) is 30.1 Å². The Morgan fingerprint density at radius 2 is 1.85 bits per heavy atom. The maximum atomic E-state index is 12.1. The molecule has 134 valence electrons. The molecule has 1 aliphatic heterocycles. The molecule has 0 N–H and O–H groups in total. The summed E-state index contributed by atoms with van der Waals surface area (Å²) in [7, 11) is 3.15. The fraction of sp³-hybridized carbons (Fsp3) is 0.238. The SMILES string of the molecule is COc1ccc(/C=C2/N=C(CCc3cccc(C)c3)OC2=O)cc1OC. The highest BCUT2D eigenvalue weighted by Gasteiger charge is 2.22. The van der Waals surface area contributed by atoms with Gasteiger partial charge in [-0.05, 0) is 42.7 Å². The summed E-state index contributed by atoms with van der Waals surface area (Å²) in [6.07, 6.45) is 3.04. The summed E-state index contributed by atoms with van der Waals surface area (Å²) in [6, 6.07) is 13.7. The summed E-state index contributed by atoms with van der Waals surface area (Å²) >= 11 is 0. The van der Waals surface area contributed by atoms with Crippen LogP contribution < -0.4 is 9.47 Å². The van der Waals surface area contributed by atoms with Gasteiger partial charge in [-0.2, -0.15) is 0 Å². The Morgan fingerprint density at radius 1 is 1.04 bits per heavy atom. The highest BCUT2D eigenvalue weighted by molar-refractivity contribution is 6.07. The molecule has 0 amide bonds. The van der Waals surface area contributed by atoms with Crippen LogP contribution in [-0.4, -0.2) is 26.1 Å². The van der Waals surface area contributed by atoms with Crippen molar-refractivity contribution in [3.63, 3.8) is 0 Å². The predicted molar refractivity (Wildman–Crippen MR) is 101 cm³/mol. The molecule has 2 aromatic rings. The number of ether oxygens (including phenoxy) is 3. The molecule has 0 saturated carbocycles. The fourth-order valence-corrected chi connectivity index (χ4v) is 2.78. The molecule has 0 unspecified atom stereocenters. The molecular formula is C21H21NO4. The van der Waals surface area contributed by atoms with E-state index < -0.39 is 5.97 Å². The molecule has 26 heavy (non-hydrogen) atoms. The standard InChI is InChI=1S/C21H21NO4/c1-14-5-4-6-15(11-14)8-10-20-22-17(21(23)26-20)12-16-7-9-18(24-2)19(13-16)25-3/h4-7,9,11-13H,8,10H2,1-3H3/b17-12+. The van der Waals surface area contributed by atoms with Gasteiger partial charge < -0.3 is 14.2 Å². The summed E-state index contributed by atoms with van der Waals surface area (Å²) in [6.45, 7) is 2.06. The van der Waals surface area contributed by atoms with Gasteiger partial charge in [0.05, 0.1) is 14.2 Å². The van der Waals surface area contributed by atoms with Crippen molar-refractivity contribution in [3.05, 3.63) is 64.9 Å². The average Bonchev–Trinajstić information content (AvgIpc) is 2.99. The number of rotatable bonds is 6. The van der Waals surface area contributed by atoms with E-state index in [-0.39, 0.29) is 5.70 Å². The maximum Gasteiger partial charge on any atom is 0.363 e. The third kappa shape index (κ3) is 4.11. The van der Waals surface area contributed by atoms with Crippen LogP contribution in [0.2, 0.25) is 0 Å². The number of cyclic esters (lactones) is 1. The minimum Gasteiger partial charge on any atom is -0.493 e. The lowest BCUT2D eigenvalue weighted by Gasteiger charge is -2.07. The second kappa shape index (κ2) is 7.87. The molecule has 0 atom stereocenters. The van der Waals surface area contributed by atoms with Crippen molar-refractivity contribution in [2.24, 2.45) is 4.99 Å². The molecule has 0 bridgehead atoms. The monoisotopic (exact) mass is 351 g/mol. The Kier molecular flexibility index (Phi) is 5.37. The Labute approximate surface area is 152 Å². The van der Waals surface area contributed by atoms with Crippen LogP contribution in [0.25, 0.3) is 6.08 Å². The summed E-state index contributed by atoms with van der Waals surface area (Å²) in [4.78, 5) is 16.4. The molecule has 0 saturated heterocycles. The van der Waals surface area contributed by atoms with Gasteiger partial charge in [-0.1, -0.05) is 35.9 Å². The predicted octanol–water partition coefficient (Wildman–Crippen LogP) is 3.94. The lowest BCUT2D eigenvalue weighted by Crippen LogP contribution is -2.05. The average molecular weight is 351 g/mol. The Hall–Kier alpha value is -3.08. The van der Waals surface area contributed by atoms with Crippen LogP contribution in [0.15, 0.2) is 53.2 Å². The van der Waals surface area contributed by atoms with Gasteiger partial charge in [-0.25, -0.2) is 9.79 Å². The lowest BCUT2D eigenvalue weighted by atomic mass is 10.1. The molecule has 2 aromatic carbocycles. The van der Waals surface area contributed by atoms with E-state index in [1.54, 1.807) is 32.4 Å². The van der Waals surface area contributed by atoms with Crippen molar-refractivity contribution in [2.45, 2.75) is 19.8 Å². The third-order valence-corrected chi connectivity index (χ3v) is 4.09. The molecular weight excluding hydrogens is 330 g/mol. The van der Waals surface area contributed by atoms with Crippen LogP contribution in [0.5, 0.6) is 11.5 Å². The highest BCUT2D eigenvalue weighted by Crippen LogP contribution is 2.29. The summed E-state index contributed by atoms with van der Waals surface area (Å²) in [5.41, 5.74) is 3.48. The van der Waals surface area contributed by atoms with E-state index >= 15 is 0 Å². The van der Waals surface area contributed by atoms with Gasteiger partial charge in [0.25, 0.3) is 0 Å². The molecule has 0 fully saturated rings. The zero-order valence-corrected chi connectivity index (χ0v) is 15.1. The first-order valence-corrected chi connectivity index (χ1v) is 8.38. The fourth-order valence-electron chi connectivity index (χ4n) is 2.78. The van der Waals surface area contributed by atoms with Crippen LogP contribution >= 0.6 is 0 Å². The van der Waals surface area contributed by atoms with Crippen molar-refractivity contribution in [3.8, 4) is 11.5 Å². The van der Waals surface area contributed by atoms with Crippen LogP contribution in [0.3, 0.4) is 0 Å². The number of nitrogens with zero attached hydrogens (tertiary/aromatic N) is 1. The van der Waals surface area contributed by atoms with E-state index in [4.69, 9.17) is 14.2 Å². The van der Waals surface area contributed by atoms with E-state index in [0.29, 0.717) is 23.8 Å². The molecule has 5 nitrogen and oxygen atoms in total. The topological polar surface area (TPSA) is 57.1 Å². The number of aryl methyl sites for hydroxylation is 2. The second-order valence-electron chi connectivity index (χ2n) is 6.03. The summed E-state index contributed by atoms with van der Waals surface area (Å²) < 4.78 is 15.8. The summed E-state index contributed by atoms with van der Waals surface area (Å²) in [5, 5.41) is 0. The Bertz CT molecular complexity index is 883. The molecule has 0 aliphatic carbocycles. The number of carbonyl (C=O) groups is 1. The van der Waals surface area contributed by atoms with E-state index in [0.717, 1.165) is 12.0 Å². The van der Waals surface area contributed by atoms with Crippen molar-refractivity contribution >= 4 is 17.9 Å². The van der Waals surface area contributed by atoms with Gasteiger partial charge in [0.1, 0.15) is 0 Å². The Morgan fingerprint density at radius 3 is 2.58 bits per heavy atom. The first kappa shape index (κ1) is 17.7. The molecule has 0 spiro atoms. The molecule has 0 aromatic heterocycles. The van der Waals surface area contributed by atoms with Crippen LogP contribution in [0.4, 0.5) is 0 Å². The largest absolute Gasteiger partial charge is 0.493 e. The number of esters is 1. The molecule has 5 heteroatoms. The molecule has 1 heterocycles. The van der Waals surface area contributed by atoms with Crippen molar-refractivity contribution in [1.29, 1.82) is 0 Å². The number of hydrogen-bond donors (Lipinski definition) is 0. The van der Waals surface area contributed by atoms with Crippen LogP contribution in [0.1, 0.15) is 23.1 Å². The molecule has 1 aliphatic rings. The minimum absolute atomic E-state index is 0.288. The minimum atomic E-state index is -0.431. The van der Waals surface area contributed by atoms with Crippen LogP contribution in [0, 0.1) is 6.92 Å². The lowest BCUT2D eigenvalue weighted by molar-refractivity contribution is -0.130. The quantitative estimate of drug-likeness (QED) is 0.584. The first-order chi connectivity index (χ1) is 12.6. The van der Waals surface area contributed by atoms with Gasteiger partial charge in [0.15, 0.2) is 23.1 Å². The van der Waals surface area contributed by atoms with Gasteiger partial charge in [0.2, 0.25) is 0 Å². The van der Waals surface area contributed by atoms with Crippen molar-refractivity contribution in [1.82, 2.24) is 0 Å². The first-order valence-electron chi connectivity index (χ1n) is 8.38. The van der Waals surface area contributed by atoms with Gasteiger partial charge in [0, 0.05) is 6.42 Å². The number of hydrogen-bond acceptors (Lipinski definition) is 5. The Balaban J connectivity index is 1.74. The molecule has 0 radical (unpaired) electrons. The second-order valence-corrected chi connectivity index (χ2v) is 6.03. The van der Waals surface area contributed by atoms with E-state index in [1.165, 1.54) is 11.1 Å². The van der Waals surface area contributed by atoms with E-state index in [9.17, 15) is 4.79 Å². The number of carbonyl (C=O) groups excluding carboxylic acids is 1. The third-order valence-electron chi connectivity index (χ3n) is 4.09. The van der Waals surface area contributed by atoms with Crippen LogP contribution in [-0.2, 0) is 16.0 Å². The number of aliphatic imine (C=N–C) groups is 1. The van der Waals surface area contributed by atoms with E-state index in [1.807, 2.05) is 12.1 Å². The zero-order chi connectivity index (χ0) is 18.5. The zero-order valence-electron chi connectivity index (χ0n) is 15.1. The normalized spacial score (nSPS) is 15.0. The number of methoxy groups -OCH3 is 2. The number of benzene rings is 2. The van der Waals surface area contributed by atoms with Crippen molar-refractivity contribution < 1.29 is 19.0 Å². The van der Waals surface area contributed by atoms with Gasteiger partial charge >= 0.3 is 5.97 Å². The molecule has 3 rings (SSSR count).